The Balaban J connectivity index is 0.00000385. The van der Waals surface area contributed by atoms with Gasteiger partial charge < -0.3 is 24.8 Å². The molecule has 0 radical (unpaired) electrons. The molecule has 2 aromatic carbocycles. The van der Waals surface area contributed by atoms with Gasteiger partial charge in [0.15, 0.2) is 5.96 Å². The van der Waals surface area contributed by atoms with Crippen molar-refractivity contribution in [1.82, 2.24) is 10.6 Å². The van der Waals surface area contributed by atoms with E-state index < -0.39 is 0 Å². The summed E-state index contributed by atoms with van der Waals surface area (Å²) in [6, 6.07) is 14.8. The molecule has 0 aliphatic carbocycles. The summed E-state index contributed by atoms with van der Waals surface area (Å²) >= 11 is 0. The quantitative estimate of drug-likeness (QED) is 0.242. The molecule has 7 heteroatoms. The predicted octanol–water partition coefficient (Wildman–Crippen LogP) is 4.96. The SMILES string of the molecule is CCNC(=NCc1ccc(COC2CCOCC2)cc1)NCc1ccc(C)cc1OCC.I. The molecule has 1 fully saturated rings. The van der Waals surface area contributed by atoms with Gasteiger partial charge in [0.1, 0.15) is 5.75 Å². The molecule has 1 aliphatic rings. The summed E-state index contributed by atoms with van der Waals surface area (Å²) in [7, 11) is 0. The first-order chi connectivity index (χ1) is 15.7. The summed E-state index contributed by atoms with van der Waals surface area (Å²) in [6.45, 7) is 11.1. The van der Waals surface area contributed by atoms with Crippen LogP contribution in [0.1, 0.15) is 48.9 Å². The van der Waals surface area contributed by atoms with Crippen LogP contribution < -0.4 is 15.4 Å². The summed E-state index contributed by atoms with van der Waals surface area (Å²) < 4.78 is 17.2. The van der Waals surface area contributed by atoms with Gasteiger partial charge in [-0.2, -0.15) is 0 Å². The molecule has 1 saturated heterocycles. The number of aliphatic imine (C=N–C) groups is 1. The Hall–Kier alpha value is -1.84. The topological polar surface area (TPSA) is 64.1 Å². The molecule has 0 amide bonds. The van der Waals surface area contributed by atoms with Gasteiger partial charge in [0.2, 0.25) is 0 Å². The predicted molar refractivity (Wildman–Crippen MR) is 144 cm³/mol. The van der Waals surface area contributed by atoms with E-state index >= 15 is 0 Å². The second-order valence-electron chi connectivity index (χ2n) is 8.03. The van der Waals surface area contributed by atoms with Crippen LogP contribution in [-0.4, -0.2) is 38.4 Å². The number of halogens is 1. The summed E-state index contributed by atoms with van der Waals surface area (Å²) in [6.07, 6.45) is 2.29. The van der Waals surface area contributed by atoms with Crippen molar-refractivity contribution in [2.24, 2.45) is 4.99 Å². The first-order valence-electron chi connectivity index (χ1n) is 11.7. The minimum atomic E-state index is 0. The van der Waals surface area contributed by atoms with E-state index in [0.717, 1.165) is 49.9 Å². The van der Waals surface area contributed by atoms with Gasteiger partial charge in [0.25, 0.3) is 0 Å². The smallest absolute Gasteiger partial charge is 0.191 e. The zero-order chi connectivity index (χ0) is 22.6. The fraction of sp³-hybridized carbons (Fsp3) is 0.500. The average molecular weight is 568 g/mol. The number of rotatable bonds is 10. The third-order valence-electron chi connectivity index (χ3n) is 5.41. The van der Waals surface area contributed by atoms with E-state index in [0.29, 0.717) is 32.4 Å². The minimum absolute atomic E-state index is 0. The van der Waals surface area contributed by atoms with E-state index in [2.05, 4.69) is 66.9 Å². The van der Waals surface area contributed by atoms with Crippen molar-refractivity contribution in [2.45, 2.75) is 59.4 Å². The maximum absolute atomic E-state index is 6.01. The standard InChI is InChI=1S/C26H37N3O3.HI/c1-4-27-26(29-18-23-11-6-20(3)16-25(23)31-5-2)28-17-21-7-9-22(10-8-21)19-32-24-12-14-30-15-13-24;/h6-11,16,24H,4-5,12-15,17-19H2,1-3H3,(H2,27,28,29);1H. The van der Waals surface area contributed by atoms with Crippen molar-refractivity contribution in [3.8, 4) is 5.75 Å². The van der Waals surface area contributed by atoms with Crippen LogP contribution in [0.3, 0.4) is 0 Å². The Labute approximate surface area is 215 Å². The Morgan fingerprint density at radius 2 is 1.76 bits per heavy atom. The highest BCUT2D eigenvalue weighted by Crippen LogP contribution is 2.20. The number of nitrogens with zero attached hydrogens (tertiary/aromatic N) is 1. The molecule has 1 heterocycles. The molecule has 33 heavy (non-hydrogen) atoms. The Morgan fingerprint density at radius 3 is 2.45 bits per heavy atom. The van der Waals surface area contributed by atoms with Crippen LogP contribution in [0.15, 0.2) is 47.5 Å². The molecule has 0 unspecified atom stereocenters. The van der Waals surface area contributed by atoms with Crippen molar-refractivity contribution in [3.63, 3.8) is 0 Å². The lowest BCUT2D eigenvalue weighted by molar-refractivity contribution is -0.0390. The molecular weight excluding hydrogens is 529 g/mol. The maximum Gasteiger partial charge on any atom is 0.191 e. The molecular formula is C26H38IN3O3. The van der Waals surface area contributed by atoms with Gasteiger partial charge >= 0.3 is 0 Å². The van der Waals surface area contributed by atoms with Crippen molar-refractivity contribution in [1.29, 1.82) is 0 Å². The van der Waals surface area contributed by atoms with Crippen molar-refractivity contribution >= 4 is 29.9 Å². The van der Waals surface area contributed by atoms with Gasteiger partial charge in [-0.25, -0.2) is 4.99 Å². The van der Waals surface area contributed by atoms with Gasteiger partial charge in [-0.3, -0.25) is 0 Å². The lowest BCUT2D eigenvalue weighted by Gasteiger charge is -2.22. The van der Waals surface area contributed by atoms with Crippen LogP contribution in [0.5, 0.6) is 5.75 Å². The van der Waals surface area contributed by atoms with Gasteiger partial charge in [-0.1, -0.05) is 36.4 Å². The number of hydrogen-bond acceptors (Lipinski definition) is 4. The second-order valence-corrected chi connectivity index (χ2v) is 8.03. The number of guanidine groups is 1. The number of ether oxygens (including phenoxy) is 3. The van der Waals surface area contributed by atoms with Crippen molar-refractivity contribution in [2.75, 3.05) is 26.4 Å². The molecule has 182 valence electrons. The van der Waals surface area contributed by atoms with Gasteiger partial charge in [-0.15, -0.1) is 24.0 Å². The van der Waals surface area contributed by atoms with Crippen LogP contribution >= 0.6 is 24.0 Å². The van der Waals surface area contributed by atoms with Gasteiger partial charge in [0.05, 0.1) is 25.9 Å². The number of benzene rings is 2. The number of nitrogens with one attached hydrogen (secondary N) is 2. The second kappa shape index (κ2) is 15.1. The Kier molecular flexibility index (Phi) is 12.6. The lowest BCUT2D eigenvalue weighted by atomic mass is 10.1. The minimum Gasteiger partial charge on any atom is -0.494 e. The average Bonchev–Trinajstić information content (AvgIpc) is 2.82. The van der Waals surface area contributed by atoms with E-state index in [1.165, 1.54) is 16.7 Å². The van der Waals surface area contributed by atoms with E-state index in [9.17, 15) is 0 Å². The molecule has 1 aliphatic heterocycles. The largest absolute Gasteiger partial charge is 0.494 e. The fourth-order valence-electron chi connectivity index (χ4n) is 3.59. The molecule has 0 spiro atoms. The molecule has 2 N–H and O–H groups in total. The third kappa shape index (κ3) is 9.51. The van der Waals surface area contributed by atoms with E-state index in [4.69, 9.17) is 19.2 Å². The van der Waals surface area contributed by atoms with E-state index in [-0.39, 0.29) is 24.0 Å². The fourth-order valence-corrected chi connectivity index (χ4v) is 3.59. The monoisotopic (exact) mass is 567 g/mol. The Bertz CT molecular complexity index is 852. The summed E-state index contributed by atoms with van der Waals surface area (Å²) in [4.78, 5) is 4.75. The lowest BCUT2D eigenvalue weighted by Crippen LogP contribution is -2.36. The van der Waals surface area contributed by atoms with Crippen LogP contribution in [0.2, 0.25) is 0 Å². The summed E-state index contributed by atoms with van der Waals surface area (Å²) in [5.41, 5.74) is 4.68. The molecule has 6 nitrogen and oxygen atoms in total. The van der Waals surface area contributed by atoms with E-state index in [1.807, 2.05) is 6.92 Å². The number of hydrogen-bond donors (Lipinski definition) is 2. The zero-order valence-electron chi connectivity index (χ0n) is 20.1. The molecule has 3 rings (SSSR count). The van der Waals surface area contributed by atoms with Crippen LogP contribution in [0.4, 0.5) is 0 Å². The van der Waals surface area contributed by atoms with Crippen LogP contribution in [-0.2, 0) is 29.2 Å². The summed E-state index contributed by atoms with van der Waals surface area (Å²) in [5, 5.41) is 6.74. The first-order valence-corrected chi connectivity index (χ1v) is 11.7. The van der Waals surface area contributed by atoms with Crippen molar-refractivity contribution in [3.05, 3.63) is 64.7 Å². The van der Waals surface area contributed by atoms with Crippen LogP contribution in [0.25, 0.3) is 0 Å². The third-order valence-corrected chi connectivity index (χ3v) is 5.41. The van der Waals surface area contributed by atoms with Crippen molar-refractivity contribution < 1.29 is 14.2 Å². The molecule has 2 aromatic rings. The molecule has 0 atom stereocenters. The number of aryl methyl sites for hydroxylation is 1. The molecule has 0 saturated carbocycles. The highest BCUT2D eigenvalue weighted by atomic mass is 127. The van der Waals surface area contributed by atoms with Gasteiger partial charge in [0, 0.05) is 31.9 Å². The zero-order valence-corrected chi connectivity index (χ0v) is 22.4. The highest BCUT2D eigenvalue weighted by Gasteiger charge is 2.14. The van der Waals surface area contributed by atoms with Gasteiger partial charge in [-0.05, 0) is 56.4 Å². The normalized spacial score (nSPS) is 14.5. The van der Waals surface area contributed by atoms with E-state index in [1.54, 1.807) is 0 Å². The maximum atomic E-state index is 6.01. The molecule has 0 bridgehead atoms. The highest BCUT2D eigenvalue weighted by molar-refractivity contribution is 14.0. The van der Waals surface area contributed by atoms with Crippen LogP contribution in [0, 0.1) is 6.92 Å². The first kappa shape index (κ1) is 27.4. The Morgan fingerprint density at radius 1 is 1.03 bits per heavy atom. The summed E-state index contributed by atoms with van der Waals surface area (Å²) in [5.74, 6) is 1.72. The molecule has 0 aromatic heterocycles.